The van der Waals surface area contributed by atoms with Gasteiger partial charge in [0, 0.05) is 0 Å². The van der Waals surface area contributed by atoms with Crippen LogP contribution in [0, 0.1) is 0 Å². The topological polar surface area (TPSA) is 79.3 Å². The van der Waals surface area contributed by atoms with E-state index in [4.69, 9.17) is 0 Å². The van der Waals surface area contributed by atoms with E-state index in [2.05, 4.69) is 45.3 Å². The molecular formula is C58H117BN2O2. The van der Waals surface area contributed by atoms with Crippen molar-refractivity contribution >= 4 is 12.6 Å². The van der Waals surface area contributed by atoms with Gasteiger partial charge in [0.2, 0.25) is 0 Å². The van der Waals surface area contributed by atoms with Gasteiger partial charge in [-0.2, -0.15) is 0 Å². The summed E-state index contributed by atoms with van der Waals surface area (Å²) in [6.07, 6.45) is 61.5. The first kappa shape index (κ1) is 64.2. The average molecular weight is 885 g/mol. The maximum atomic E-state index is 10.5. The fourth-order valence-corrected chi connectivity index (χ4v) is 8.62. The highest BCUT2D eigenvalue weighted by Crippen LogP contribution is 2.13. The van der Waals surface area contributed by atoms with Crippen LogP contribution in [0.3, 0.4) is 0 Å². The van der Waals surface area contributed by atoms with Gasteiger partial charge in [-0.3, -0.25) is 0 Å². The fraction of sp³-hybridized carbons (Fsp3) is 0.897. The van der Waals surface area contributed by atoms with E-state index in [-0.39, 0.29) is 0 Å². The summed E-state index contributed by atoms with van der Waals surface area (Å²) in [6.45, 7) is 16.8. The number of rotatable bonds is 48. The minimum Gasteiger partial charge on any atom is -0.889 e. The van der Waals surface area contributed by atoms with Crippen LogP contribution in [-0.2, 0) is 6.42 Å². The van der Waals surface area contributed by atoms with E-state index in [0.29, 0.717) is 5.46 Å². The van der Waals surface area contributed by atoms with Crippen molar-refractivity contribution in [2.24, 2.45) is 0 Å². The minimum atomic E-state index is -1.85. The van der Waals surface area contributed by atoms with Crippen LogP contribution in [-0.4, -0.2) is 33.3 Å². The first-order valence-electron chi connectivity index (χ1n) is 29.1. The SMILES string of the molecule is CCCCCCCCCCCC[NH2+]CCCCCCCCCCCC.CCCCCCCCCCCC[NH2+]CCCCCCCCCCCC.CCCCc1ccc(B([O-])[O-])cc1. The number of hydrogen-bond acceptors (Lipinski definition) is 2. The van der Waals surface area contributed by atoms with Crippen molar-refractivity contribution in [1.82, 2.24) is 0 Å². The third kappa shape index (κ3) is 57.2. The Balaban J connectivity index is 0. The molecule has 1 aromatic rings. The average Bonchev–Trinajstić information content (AvgIpc) is 3.30. The Bertz CT molecular complexity index is 823. The zero-order valence-corrected chi connectivity index (χ0v) is 44.1. The molecule has 63 heavy (non-hydrogen) atoms. The first-order valence-corrected chi connectivity index (χ1v) is 29.1. The van der Waals surface area contributed by atoms with Gasteiger partial charge in [0.25, 0.3) is 0 Å². The van der Waals surface area contributed by atoms with Gasteiger partial charge in [0.1, 0.15) is 0 Å². The predicted octanol–water partition coefficient (Wildman–Crippen LogP) is 14.2. The zero-order valence-electron chi connectivity index (χ0n) is 44.1. The largest absolute Gasteiger partial charge is 0.889 e. The number of nitrogens with two attached hydrogens (primary N) is 2. The van der Waals surface area contributed by atoms with E-state index in [9.17, 15) is 10.0 Å². The van der Waals surface area contributed by atoms with Crippen LogP contribution >= 0.6 is 0 Å². The summed E-state index contributed by atoms with van der Waals surface area (Å²) in [5.41, 5.74) is 1.53. The zero-order chi connectivity index (χ0) is 46.2. The van der Waals surface area contributed by atoms with Crippen molar-refractivity contribution in [3.8, 4) is 0 Å². The van der Waals surface area contributed by atoms with E-state index in [1.54, 1.807) is 12.1 Å². The van der Waals surface area contributed by atoms with Crippen LogP contribution < -0.4 is 26.1 Å². The Morgan fingerprint density at radius 1 is 0.286 bits per heavy atom. The standard InChI is InChI=1S/2C24H51N.C10H13BO2/c2*1-3-5-7-9-11-13-15-17-19-21-23-25-24-22-20-18-16-14-12-10-8-6-4-2;1-2-3-4-9-5-7-10(8-6-9)11(12)13/h2*25H,3-24H2,1-2H3;5-8H,2-4H2,1H3/q;;-2/p+2. The molecule has 0 spiro atoms. The third-order valence-electron chi connectivity index (χ3n) is 13.1. The number of unbranched alkanes of at least 4 members (excludes halogenated alkanes) is 37. The quantitative estimate of drug-likeness (QED) is 0.0505. The molecule has 0 saturated heterocycles. The minimum absolute atomic E-state index is 0.334. The van der Waals surface area contributed by atoms with Gasteiger partial charge >= 0.3 is 0 Å². The molecule has 0 heterocycles. The monoisotopic (exact) mass is 885 g/mol. The van der Waals surface area contributed by atoms with Crippen molar-refractivity contribution in [2.75, 3.05) is 26.2 Å². The normalized spacial score (nSPS) is 11.0. The molecule has 0 aromatic heterocycles. The fourth-order valence-electron chi connectivity index (χ4n) is 8.62. The van der Waals surface area contributed by atoms with Crippen molar-refractivity contribution < 1.29 is 20.7 Å². The van der Waals surface area contributed by atoms with Crippen molar-refractivity contribution in [3.63, 3.8) is 0 Å². The van der Waals surface area contributed by atoms with Crippen molar-refractivity contribution in [1.29, 1.82) is 0 Å². The molecule has 4 N–H and O–H groups in total. The van der Waals surface area contributed by atoms with Crippen LogP contribution in [0.25, 0.3) is 0 Å². The van der Waals surface area contributed by atoms with Crippen LogP contribution in [0.1, 0.15) is 310 Å². The van der Waals surface area contributed by atoms with Crippen LogP contribution in [0.4, 0.5) is 0 Å². The highest BCUT2D eigenvalue weighted by atomic mass is 16.4. The second-order valence-corrected chi connectivity index (χ2v) is 19.6. The summed E-state index contributed by atoms with van der Waals surface area (Å²) in [4.78, 5) is 0. The van der Waals surface area contributed by atoms with E-state index in [1.165, 1.54) is 289 Å². The molecule has 0 saturated carbocycles. The molecular weight excluding hydrogens is 767 g/mol. The maximum Gasteiger partial charge on any atom is 0.0755 e. The molecule has 1 aromatic carbocycles. The number of aryl methyl sites for hydroxylation is 1. The van der Waals surface area contributed by atoms with Gasteiger partial charge in [-0.15, -0.1) is 5.46 Å². The summed E-state index contributed by atoms with van der Waals surface area (Å²) in [5, 5.41) is 26.1. The molecule has 5 heteroatoms. The number of quaternary nitrogens is 2. The van der Waals surface area contributed by atoms with Gasteiger partial charge in [-0.25, -0.2) is 0 Å². The summed E-state index contributed by atoms with van der Waals surface area (Å²) in [5.74, 6) is 0. The molecule has 0 bridgehead atoms. The second-order valence-electron chi connectivity index (χ2n) is 19.6. The summed E-state index contributed by atoms with van der Waals surface area (Å²) in [7, 11) is -1.85. The molecule has 0 aliphatic carbocycles. The molecule has 0 radical (unpaired) electrons. The first-order chi connectivity index (χ1) is 31.1. The van der Waals surface area contributed by atoms with Gasteiger partial charge in [-0.1, -0.05) is 278 Å². The molecule has 0 fully saturated rings. The lowest BCUT2D eigenvalue weighted by Crippen LogP contribution is -2.84. The number of hydrogen-bond donors (Lipinski definition) is 2. The molecule has 0 amide bonds. The van der Waals surface area contributed by atoms with Crippen LogP contribution in [0.15, 0.2) is 24.3 Å². The van der Waals surface area contributed by atoms with Gasteiger partial charge < -0.3 is 20.7 Å². The van der Waals surface area contributed by atoms with Gasteiger partial charge in [0.05, 0.1) is 26.2 Å². The van der Waals surface area contributed by atoms with E-state index >= 15 is 0 Å². The molecule has 0 atom stereocenters. The van der Waals surface area contributed by atoms with Crippen LogP contribution in [0.2, 0.25) is 0 Å². The highest BCUT2D eigenvalue weighted by Gasteiger charge is 1.99. The molecule has 0 aliphatic heterocycles. The summed E-state index contributed by atoms with van der Waals surface area (Å²) >= 11 is 0. The molecule has 0 unspecified atom stereocenters. The maximum absolute atomic E-state index is 10.5. The smallest absolute Gasteiger partial charge is 0.0755 e. The lowest BCUT2D eigenvalue weighted by Gasteiger charge is -2.26. The third-order valence-corrected chi connectivity index (χ3v) is 13.1. The van der Waals surface area contributed by atoms with E-state index in [0.717, 1.165) is 19.3 Å². The Kier molecular flexibility index (Phi) is 60.3. The molecule has 0 aliphatic rings. The van der Waals surface area contributed by atoms with Crippen molar-refractivity contribution in [2.45, 2.75) is 311 Å². The lowest BCUT2D eigenvalue weighted by atomic mass is 9.80. The molecule has 1 rings (SSSR count). The van der Waals surface area contributed by atoms with Crippen molar-refractivity contribution in [3.05, 3.63) is 29.8 Å². The second kappa shape index (κ2) is 59.1. The predicted molar refractivity (Wildman–Crippen MR) is 281 cm³/mol. The molecule has 4 nitrogen and oxygen atoms in total. The van der Waals surface area contributed by atoms with Gasteiger partial charge in [-0.05, 0) is 69.8 Å². The Labute approximate surface area is 398 Å². The Hall–Kier alpha value is -0.875. The van der Waals surface area contributed by atoms with Crippen LogP contribution in [0.5, 0.6) is 0 Å². The molecule has 374 valence electrons. The summed E-state index contributed by atoms with van der Waals surface area (Å²) < 4.78 is 0. The lowest BCUT2D eigenvalue weighted by molar-refractivity contribution is -0.655. The van der Waals surface area contributed by atoms with Gasteiger partial charge in [0.15, 0.2) is 0 Å². The van der Waals surface area contributed by atoms with E-state index in [1.807, 2.05) is 12.1 Å². The highest BCUT2D eigenvalue weighted by molar-refractivity contribution is 6.55. The Morgan fingerprint density at radius 2 is 0.492 bits per heavy atom. The van der Waals surface area contributed by atoms with E-state index < -0.39 is 7.12 Å². The summed E-state index contributed by atoms with van der Waals surface area (Å²) in [6, 6.07) is 7.01. The Morgan fingerprint density at radius 3 is 0.698 bits per heavy atom. The number of benzene rings is 1.